The summed E-state index contributed by atoms with van der Waals surface area (Å²) in [5.41, 5.74) is -1.73. The highest BCUT2D eigenvalue weighted by molar-refractivity contribution is 8.76. The smallest absolute Gasteiger partial charge is 0.229 e. The molecule has 1 saturated heterocycles. The van der Waals surface area contributed by atoms with Crippen LogP contribution in [0.2, 0.25) is 0 Å². The van der Waals surface area contributed by atoms with Gasteiger partial charge in [0.25, 0.3) is 0 Å². The topological polar surface area (TPSA) is 256 Å². The van der Waals surface area contributed by atoms with E-state index in [2.05, 4.69) is 22.8 Å². The number of benzene rings is 3. The molecule has 17 heteroatoms. The number of ketones is 2. The van der Waals surface area contributed by atoms with Crippen LogP contribution in [0.15, 0.2) is 113 Å². The first-order valence-electron chi connectivity index (χ1n) is 31.6. The summed E-state index contributed by atoms with van der Waals surface area (Å²) in [7, 11) is 2.82. The van der Waals surface area contributed by atoms with Crippen LogP contribution in [0.4, 0.5) is 0 Å². The van der Waals surface area contributed by atoms with E-state index < -0.39 is 81.2 Å². The van der Waals surface area contributed by atoms with Crippen molar-refractivity contribution in [2.75, 3.05) is 25.6 Å². The van der Waals surface area contributed by atoms with Crippen molar-refractivity contribution in [1.82, 2.24) is 10.6 Å². The summed E-state index contributed by atoms with van der Waals surface area (Å²) in [5, 5.41) is 103. The van der Waals surface area contributed by atoms with Gasteiger partial charge in [-0.25, -0.2) is 0 Å². The van der Waals surface area contributed by atoms with E-state index in [1.54, 1.807) is 30.4 Å². The molecule has 5 spiro atoms. The average Bonchev–Trinajstić information content (AvgIpc) is 1.41. The SMILES string of the molecule is O=CC1CC2(CCC3(CCC(Cc4cccc(O)c4)C3)C2)CC12CC1CC3CC4CC5(CO)OC6Oc7cccc8c7C(=O)C7(C(O)=CC(Cc9cccc(CO)c9)=CC7C8=O)C(CCCO)SSCNC7=CC(=C3CN7)C1(C2)C4C(O)(C6O)C5O. The number of phenolic OH excluding ortho intramolecular Hbond substituents is 1. The van der Waals surface area contributed by atoms with E-state index in [9.17, 15) is 45.6 Å². The second kappa shape index (κ2) is 20.8. The van der Waals surface area contributed by atoms with Crippen molar-refractivity contribution in [1.29, 1.82) is 0 Å². The molecule has 456 valence electrons. The average molecular weight is 1210 g/mol. The fourth-order valence-corrected chi connectivity index (χ4v) is 24.5. The molecule has 0 radical (unpaired) electrons. The second-order valence-electron chi connectivity index (χ2n) is 28.8. The summed E-state index contributed by atoms with van der Waals surface area (Å²) < 4.78 is 13.6. The number of Topliss-reactive ketones (excluding diaryl/α,β-unsaturated/α-hetero) is 2. The Morgan fingerprint density at radius 3 is 2.47 bits per heavy atom. The third kappa shape index (κ3) is 8.36. The van der Waals surface area contributed by atoms with Crippen LogP contribution in [0, 0.1) is 68.5 Å². The van der Waals surface area contributed by atoms with Crippen LogP contribution in [0.1, 0.15) is 134 Å². The lowest BCUT2D eigenvalue weighted by atomic mass is 9.46. The van der Waals surface area contributed by atoms with Gasteiger partial charge in [-0.05, 0) is 213 Å². The lowest BCUT2D eigenvalue weighted by Crippen LogP contribution is -2.81. The van der Waals surface area contributed by atoms with Crippen molar-refractivity contribution in [3.05, 3.63) is 141 Å². The minimum absolute atomic E-state index is 0.0360. The number of phenols is 1. The number of nitrogens with one attached hydrogen (secondary N) is 2. The molecule has 3 aromatic rings. The zero-order chi connectivity index (χ0) is 59.3. The highest BCUT2D eigenvalue weighted by atomic mass is 33.1. The number of aromatic hydroxyl groups is 1. The molecule has 18 atom stereocenters. The maximum atomic E-state index is 16.2. The summed E-state index contributed by atoms with van der Waals surface area (Å²) in [4.78, 5) is 45.9. The van der Waals surface area contributed by atoms with Crippen molar-refractivity contribution in [3.63, 3.8) is 0 Å². The largest absolute Gasteiger partial charge is 0.511 e. The summed E-state index contributed by atoms with van der Waals surface area (Å²) >= 11 is 0. The van der Waals surface area contributed by atoms with E-state index in [0.717, 1.165) is 93.2 Å². The summed E-state index contributed by atoms with van der Waals surface area (Å²) in [6.07, 6.45) is 14.2. The predicted molar refractivity (Wildman–Crippen MR) is 323 cm³/mol. The fourth-order valence-electron chi connectivity index (χ4n) is 21.6. The van der Waals surface area contributed by atoms with Gasteiger partial charge in [0.2, 0.25) is 6.29 Å². The Hall–Kier alpha value is -4.95. The van der Waals surface area contributed by atoms with Gasteiger partial charge in [-0.1, -0.05) is 76.2 Å². The number of aliphatic hydroxyl groups excluding tert-OH is 6. The zero-order valence-electron chi connectivity index (χ0n) is 48.5. The number of hydrogen-bond donors (Lipinski definition) is 10. The van der Waals surface area contributed by atoms with Gasteiger partial charge in [-0.2, -0.15) is 0 Å². The van der Waals surface area contributed by atoms with Gasteiger partial charge in [0, 0.05) is 41.2 Å². The summed E-state index contributed by atoms with van der Waals surface area (Å²) in [6, 6.07) is 19.7. The zero-order valence-corrected chi connectivity index (χ0v) is 50.1. The van der Waals surface area contributed by atoms with Crippen LogP contribution >= 0.6 is 21.6 Å². The normalized spacial score (nSPS) is 42.4. The van der Waals surface area contributed by atoms with E-state index in [1.807, 2.05) is 36.4 Å². The van der Waals surface area contributed by atoms with Crippen molar-refractivity contribution < 1.29 is 64.7 Å². The minimum Gasteiger partial charge on any atom is -0.511 e. The lowest BCUT2D eigenvalue weighted by Gasteiger charge is -2.65. The standard InChI is InChI=1S/C69H80N2O13S2/c72-16-4-11-54-68-51(21-42(22-53(68)77)19-38-5-1-7-41(18-38)31-73)57(78)48-9-3-10-52(56(48)59(68)79)83-61-60(80)69(82)58-44(27-66(36-75,84-61)62(69)81)23-43-24-45-29-65(35-67(45,58)50-25-55(70-30-49(43)50)71-37-85-86-54)34-64(28-46(65)32-74)15-14-63(33-64)13-12-40(26-63)17-39-6-2-8-47(76)20-39/h1-3,5-10,18,20-22,25,32,40,43-46,51,54,58,60-62,70-73,75-77,80-82H,4,11-17,19,23-24,26-31,33-37H2. The molecule has 6 saturated carbocycles. The van der Waals surface area contributed by atoms with E-state index in [0.29, 0.717) is 54.5 Å². The Balaban J connectivity index is 0.834. The molecule has 13 aliphatic rings. The van der Waals surface area contributed by atoms with Crippen LogP contribution in [-0.2, 0) is 29.0 Å². The molecule has 10 bridgehead atoms. The highest BCUT2D eigenvalue weighted by Gasteiger charge is 2.79. The third-order valence-electron chi connectivity index (χ3n) is 24.5. The van der Waals surface area contributed by atoms with Crippen LogP contribution in [0.3, 0.4) is 0 Å². The van der Waals surface area contributed by atoms with Gasteiger partial charge in [0.05, 0.1) is 36.4 Å². The quantitative estimate of drug-likeness (QED) is 0.0674. The first-order valence-corrected chi connectivity index (χ1v) is 34.0. The molecule has 0 amide bonds. The van der Waals surface area contributed by atoms with Crippen LogP contribution in [-0.4, -0.2) is 119 Å². The molecule has 10 N–H and O–H groups in total. The number of dihydropyridines is 1. The molecule has 86 heavy (non-hydrogen) atoms. The van der Waals surface area contributed by atoms with Gasteiger partial charge >= 0.3 is 0 Å². The number of hydrogen-bond acceptors (Lipinski definition) is 17. The van der Waals surface area contributed by atoms with Crippen molar-refractivity contribution in [2.45, 2.75) is 151 Å². The van der Waals surface area contributed by atoms with Crippen molar-refractivity contribution in [2.24, 2.45) is 68.5 Å². The first kappa shape index (κ1) is 57.5. The van der Waals surface area contributed by atoms with Gasteiger partial charge in [-0.15, -0.1) is 0 Å². The molecule has 18 unspecified atom stereocenters. The van der Waals surface area contributed by atoms with Gasteiger partial charge in [0.1, 0.15) is 52.4 Å². The number of aliphatic hydroxyl groups is 7. The third-order valence-corrected chi connectivity index (χ3v) is 27.2. The molecular weight excluding hydrogens is 1130 g/mol. The molecule has 3 heterocycles. The van der Waals surface area contributed by atoms with E-state index in [4.69, 9.17) is 9.47 Å². The summed E-state index contributed by atoms with van der Waals surface area (Å²) in [5.74, 6) is -2.18. The number of rotatable bonds is 10. The van der Waals surface area contributed by atoms with Crippen LogP contribution < -0.4 is 15.4 Å². The fraction of sp³-hybridized carbons (Fsp3) is 0.580. The maximum Gasteiger partial charge on any atom is 0.229 e. The molecule has 3 aromatic carbocycles. The first-order chi connectivity index (χ1) is 41.5. The number of fused-ring (bicyclic) bond motifs is 2. The molecule has 10 aliphatic carbocycles. The van der Waals surface area contributed by atoms with Gasteiger partial charge in [-0.3, -0.25) is 9.59 Å². The van der Waals surface area contributed by atoms with Gasteiger partial charge in [0.15, 0.2) is 11.6 Å². The Kier molecular flexibility index (Phi) is 13.9. The Bertz CT molecular complexity index is 3440. The number of aldehydes is 1. The highest BCUT2D eigenvalue weighted by Crippen LogP contribution is 2.80. The number of allylic oxidation sites excluding steroid dienone is 6. The molecule has 15 nitrogen and oxygen atoms in total. The molecule has 16 rings (SSSR count). The maximum absolute atomic E-state index is 16.2. The number of carbonyl (C=O) groups is 3. The minimum atomic E-state index is -2.38. The predicted octanol–water partition coefficient (Wildman–Crippen LogP) is 8.49. The van der Waals surface area contributed by atoms with Crippen molar-refractivity contribution >= 4 is 39.4 Å². The lowest BCUT2D eigenvalue weighted by molar-refractivity contribution is -0.392. The van der Waals surface area contributed by atoms with Gasteiger partial charge < -0.3 is 65.8 Å². The molecule has 3 aliphatic heterocycles. The Labute approximate surface area is 509 Å². The number of carbonyl (C=O) groups excluding carboxylic acids is 3. The van der Waals surface area contributed by atoms with Crippen LogP contribution in [0.25, 0.3) is 0 Å². The Morgan fingerprint density at radius 2 is 1.65 bits per heavy atom. The van der Waals surface area contributed by atoms with Crippen LogP contribution in [0.5, 0.6) is 11.5 Å². The monoisotopic (exact) mass is 1210 g/mol. The number of ether oxygens (including phenoxy) is 2. The Morgan fingerprint density at radius 1 is 0.837 bits per heavy atom. The molecule has 0 aromatic heterocycles. The second-order valence-corrected chi connectivity index (χ2v) is 31.4. The molecule has 7 fully saturated rings. The summed E-state index contributed by atoms with van der Waals surface area (Å²) in [6.45, 7) is -0.585. The van der Waals surface area contributed by atoms with E-state index >= 15 is 9.59 Å². The van der Waals surface area contributed by atoms with Crippen molar-refractivity contribution in [3.8, 4) is 11.5 Å². The van der Waals surface area contributed by atoms with E-state index in [1.165, 1.54) is 39.5 Å². The van der Waals surface area contributed by atoms with E-state index in [-0.39, 0.29) is 89.6 Å². The molecular formula is C69H80N2O13S2.